The molecule has 1 aromatic carbocycles. The number of hydrogen-bond donors (Lipinski definition) is 1. The zero-order chi connectivity index (χ0) is 11.3. The zero-order valence-corrected chi connectivity index (χ0v) is 9.57. The Kier molecular flexibility index (Phi) is 2.30. The molecule has 16 heavy (non-hydrogen) atoms. The molecule has 3 rings (SSSR count). The number of aliphatic hydroxyl groups is 1. The molecule has 0 aliphatic heterocycles. The monoisotopic (exact) mass is 236 g/mol. The van der Waals surface area contributed by atoms with Crippen LogP contribution in [0.3, 0.4) is 0 Å². The van der Waals surface area contributed by atoms with Crippen LogP contribution >= 0.6 is 11.6 Å². The van der Waals surface area contributed by atoms with Crippen LogP contribution in [0.1, 0.15) is 29.9 Å². The molecular formula is C13H13ClO2. The van der Waals surface area contributed by atoms with Crippen molar-refractivity contribution in [1.29, 1.82) is 0 Å². The van der Waals surface area contributed by atoms with E-state index < -0.39 is 6.10 Å². The maximum atomic E-state index is 12.1. The van der Waals surface area contributed by atoms with Crippen molar-refractivity contribution in [3.05, 3.63) is 34.3 Å². The van der Waals surface area contributed by atoms with Gasteiger partial charge in [0.1, 0.15) is 5.78 Å². The van der Waals surface area contributed by atoms with Crippen molar-refractivity contribution in [1.82, 2.24) is 0 Å². The second-order valence-electron chi connectivity index (χ2n) is 4.75. The zero-order valence-electron chi connectivity index (χ0n) is 8.82. The topological polar surface area (TPSA) is 37.3 Å². The van der Waals surface area contributed by atoms with E-state index in [4.69, 9.17) is 11.6 Å². The van der Waals surface area contributed by atoms with Crippen molar-refractivity contribution in [2.24, 2.45) is 5.92 Å². The second-order valence-corrected chi connectivity index (χ2v) is 5.19. The normalized spacial score (nSPS) is 32.4. The van der Waals surface area contributed by atoms with Crippen LogP contribution in [0.25, 0.3) is 0 Å². The van der Waals surface area contributed by atoms with Crippen LogP contribution in [-0.2, 0) is 11.2 Å². The number of carbonyl (C=O) groups excluding carboxylic acids is 1. The summed E-state index contributed by atoms with van der Waals surface area (Å²) >= 11 is 5.96. The first-order chi connectivity index (χ1) is 7.66. The first kappa shape index (κ1) is 10.3. The number of ketones is 1. The van der Waals surface area contributed by atoms with Gasteiger partial charge in [0.15, 0.2) is 0 Å². The highest BCUT2D eigenvalue weighted by molar-refractivity contribution is 6.30. The van der Waals surface area contributed by atoms with Gasteiger partial charge in [0.05, 0.1) is 6.10 Å². The van der Waals surface area contributed by atoms with Gasteiger partial charge in [-0.3, -0.25) is 4.79 Å². The molecule has 1 aromatic rings. The predicted molar refractivity (Wildman–Crippen MR) is 61.6 cm³/mol. The maximum absolute atomic E-state index is 12.1. The number of halogens is 1. The smallest absolute Gasteiger partial charge is 0.146 e. The standard InChI is InChI=1S/C13H13ClO2/c14-8-1-2-9-7(5-8)6-11-12(15)4-3-10(9)13(11)16/h1-2,5,10-12,15H,3-4,6H2/t10-,11-,12-/m1/s1. The minimum atomic E-state index is -0.462. The summed E-state index contributed by atoms with van der Waals surface area (Å²) in [5.41, 5.74) is 2.26. The van der Waals surface area contributed by atoms with Crippen LogP contribution in [0.2, 0.25) is 5.02 Å². The average molecular weight is 237 g/mol. The van der Waals surface area contributed by atoms with Crippen molar-refractivity contribution < 1.29 is 9.90 Å². The highest BCUT2D eigenvalue weighted by atomic mass is 35.5. The van der Waals surface area contributed by atoms with E-state index in [9.17, 15) is 9.90 Å². The fourth-order valence-electron chi connectivity index (χ4n) is 3.00. The molecule has 0 aromatic heterocycles. The molecule has 0 amide bonds. The largest absolute Gasteiger partial charge is 0.392 e. The van der Waals surface area contributed by atoms with Gasteiger partial charge in [0.2, 0.25) is 0 Å². The summed E-state index contributed by atoms with van der Waals surface area (Å²) in [5, 5.41) is 10.5. The lowest BCUT2D eigenvalue weighted by molar-refractivity contribution is -0.132. The van der Waals surface area contributed by atoms with E-state index in [1.807, 2.05) is 18.2 Å². The molecule has 0 heterocycles. The highest BCUT2D eigenvalue weighted by Crippen LogP contribution is 2.42. The van der Waals surface area contributed by atoms with Gasteiger partial charge in [0.25, 0.3) is 0 Å². The summed E-state index contributed by atoms with van der Waals surface area (Å²) in [4.78, 5) is 12.1. The summed E-state index contributed by atoms with van der Waals surface area (Å²) in [6.07, 6.45) is 1.69. The lowest BCUT2D eigenvalue weighted by Crippen LogP contribution is -2.42. The Balaban J connectivity index is 2.10. The molecule has 84 valence electrons. The van der Waals surface area contributed by atoms with Crippen LogP contribution < -0.4 is 0 Å². The quantitative estimate of drug-likeness (QED) is 0.751. The van der Waals surface area contributed by atoms with Crippen molar-refractivity contribution in [3.63, 3.8) is 0 Å². The van der Waals surface area contributed by atoms with E-state index in [0.29, 0.717) is 11.4 Å². The molecule has 2 nitrogen and oxygen atoms in total. The second kappa shape index (κ2) is 3.57. The summed E-state index contributed by atoms with van der Waals surface area (Å²) < 4.78 is 0. The minimum Gasteiger partial charge on any atom is -0.392 e. The van der Waals surface area contributed by atoms with Gasteiger partial charge >= 0.3 is 0 Å². The van der Waals surface area contributed by atoms with Gasteiger partial charge in [-0.2, -0.15) is 0 Å². The number of aliphatic hydroxyl groups excluding tert-OH is 1. The van der Waals surface area contributed by atoms with E-state index in [2.05, 4.69) is 0 Å². The Hall–Kier alpha value is -0.860. The van der Waals surface area contributed by atoms with Gasteiger partial charge in [-0.05, 0) is 42.5 Å². The van der Waals surface area contributed by atoms with Gasteiger partial charge in [0, 0.05) is 16.9 Å². The molecule has 0 spiro atoms. The molecule has 2 bridgehead atoms. The van der Waals surface area contributed by atoms with Crippen LogP contribution in [0.5, 0.6) is 0 Å². The Bertz CT molecular complexity index is 455. The summed E-state index contributed by atoms with van der Waals surface area (Å²) in [6, 6.07) is 5.74. The van der Waals surface area contributed by atoms with Gasteiger partial charge < -0.3 is 5.11 Å². The molecule has 2 aliphatic rings. The molecule has 3 heteroatoms. The van der Waals surface area contributed by atoms with Crippen molar-refractivity contribution in [2.45, 2.75) is 31.3 Å². The maximum Gasteiger partial charge on any atom is 0.146 e. The summed E-state index contributed by atoms with van der Waals surface area (Å²) in [7, 11) is 0. The van der Waals surface area contributed by atoms with E-state index in [0.717, 1.165) is 24.0 Å². The van der Waals surface area contributed by atoms with Gasteiger partial charge in [-0.1, -0.05) is 17.7 Å². The number of fused-ring (bicyclic) bond motifs is 4. The van der Waals surface area contributed by atoms with Crippen LogP contribution in [-0.4, -0.2) is 17.0 Å². The van der Waals surface area contributed by atoms with Crippen molar-refractivity contribution in [2.75, 3.05) is 0 Å². The Morgan fingerprint density at radius 3 is 2.94 bits per heavy atom. The third-order valence-electron chi connectivity index (χ3n) is 3.84. The molecule has 2 aliphatic carbocycles. The molecule has 1 saturated carbocycles. The predicted octanol–water partition coefficient (Wildman–Crippen LogP) is 2.32. The van der Waals surface area contributed by atoms with Crippen molar-refractivity contribution >= 4 is 17.4 Å². The SMILES string of the molecule is O=C1[C@@H]2CC[C@@H](O)[C@H]1Cc1cc(Cl)ccc12. The molecule has 1 N–H and O–H groups in total. The van der Waals surface area contributed by atoms with E-state index in [1.165, 1.54) is 0 Å². The van der Waals surface area contributed by atoms with Gasteiger partial charge in [-0.15, -0.1) is 0 Å². The van der Waals surface area contributed by atoms with E-state index in [1.54, 1.807) is 0 Å². The van der Waals surface area contributed by atoms with E-state index in [-0.39, 0.29) is 17.6 Å². The minimum absolute atomic E-state index is 0.00517. The third kappa shape index (κ3) is 1.40. The third-order valence-corrected chi connectivity index (χ3v) is 4.08. The van der Waals surface area contributed by atoms with Gasteiger partial charge in [-0.25, -0.2) is 0 Å². The van der Waals surface area contributed by atoms with Crippen LogP contribution in [0.4, 0.5) is 0 Å². The number of hydrogen-bond acceptors (Lipinski definition) is 2. The Labute approximate surface area is 99.2 Å². The fraction of sp³-hybridized carbons (Fsp3) is 0.462. The first-order valence-electron chi connectivity index (χ1n) is 5.67. The summed E-state index contributed by atoms with van der Waals surface area (Å²) in [5.74, 6) is 0.00713. The number of Topliss-reactive ketones (excluding diaryl/α,β-unsaturated/α-hetero) is 1. The molecule has 0 saturated heterocycles. The Morgan fingerprint density at radius 1 is 1.31 bits per heavy atom. The lowest BCUT2D eigenvalue weighted by Gasteiger charge is -2.37. The van der Waals surface area contributed by atoms with Crippen LogP contribution in [0.15, 0.2) is 18.2 Å². The average Bonchev–Trinajstić information content (AvgIpc) is 2.24. The molecule has 0 unspecified atom stereocenters. The lowest BCUT2D eigenvalue weighted by atomic mass is 9.67. The molecular weight excluding hydrogens is 224 g/mol. The molecule has 3 atom stereocenters. The first-order valence-corrected chi connectivity index (χ1v) is 6.04. The van der Waals surface area contributed by atoms with Crippen LogP contribution in [0, 0.1) is 5.92 Å². The molecule has 0 radical (unpaired) electrons. The highest BCUT2D eigenvalue weighted by Gasteiger charge is 2.42. The fourth-order valence-corrected chi connectivity index (χ4v) is 3.20. The molecule has 1 fully saturated rings. The summed E-state index contributed by atoms with van der Waals surface area (Å²) in [6.45, 7) is 0. The number of carbonyl (C=O) groups is 1. The van der Waals surface area contributed by atoms with E-state index >= 15 is 0 Å². The number of benzene rings is 1. The number of rotatable bonds is 0. The Morgan fingerprint density at radius 2 is 2.12 bits per heavy atom. The van der Waals surface area contributed by atoms with Crippen molar-refractivity contribution in [3.8, 4) is 0 Å².